The van der Waals surface area contributed by atoms with Crippen LogP contribution in [0.15, 0.2) is 22.0 Å². The van der Waals surface area contributed by atoms with Crippen LogP contribution in [0.2, 0.25) is 0 Å². The SMILES string of the molecule is Cc1cc(C(=O)c2sccc2Br)sn1. The highest BCUT2D eigenvalue weighted by Crippen LogP contribution is 2.26. The molecule has 0 aliphatic heterocycles. The largest absolute Gasteiger partial charge is 0.287 e. The normalized spacial score (nSPS) is 10.4. The highest BCUT2D eigenvalue weighted by molar-refractivity contribution is 9.10. The van der Waals surface area contributed by atoms with E-state index >= 15 is 0 Å². The second-order valence-corrected chi connectivity index (χ2v) is 5.33. The quantitative estimate of drug-likeness (QED) is 0.792. The molecule has 0 amide bonds. The lowest BCUT2D eigenvalue weighted by Gasteiger charge is -1.92. The van der Waals surface area contributed by atoms with E-state index in [4.69, 9.17) is 0 Å². The Balaban J connectivity index is 2.38. The average molecular weight is 288 g/mol. The van der Waals surface area contributed by atoms with Crippen molar-refractivity contribution in [3.8, 4) is 0 Å². The number of halogens is 1. The van der Waals surface area contributed by atoms with Gasteiger partial charge in [-0.3, -0.25) is 4.79 Å². The maximum Gasteiger partial charge on any atom is 0.215 e. The van der Waals surface area contributed by atoms with Gasteiger partial charge in [0.25, 0.3) is 0 Å². The van der Waals surface area contributed by atoms with Crippen molar-refractivity contribution in [2.24, 2.45) is 0 Å². The molecule has 14 heavy (non-hydrogen) atoms. The lowest BCUT2D eigenvalue weighted by atomic mass is 10.2. The first-order valence-corrected chi connectivity index (χ1v) is 6.34. The van der Waals surface area contributed by atoms with Gasteiger partial charge in [-0.15, -0.1) is 11.3 Å². The van der Waals surface area contributed by atoms with E-state index in [0.29, 0.717) is 4.88 Å². The molecule has 0 fully saturated rings. The van der Waals surface area contributed by atoms with Crippen molar-refractivity contribution in [3.05, 3.63) is 37.4 Å². The zero-order valence-corrected chi connectivity index (χ0v) is 10.5. The van der Waals surface area contributed by atoms with E-state index in [1.165, 1.54) is 22.9 Å². The first-order valence-electron chi connectivity index (χ1n) is 3.89. The molecule has 2 aromatic rings. The smallest absolute Gasteiger partial charge is 0.215 e. The summed E-state index contributed by atoms with van der Waals surface area (Å²) in [4.78, 5) is 13.3. The fourth-order valence-corrected chi connectivity index (χ4v) is 3.31. The molecule has 0 saturated carbocycles. The van der Waals surface area contributed by atoms with Crippen molar-refractivity contribution in [1.82, 2.24) is 4.37 Å². The molecule has 0 unspecified atom stereocenters. The van der Waals surface area contributed by atoms with E-state index in [1.54, 1.807) is 0 Å². The molecule has 2 nitrogen and oxygen atoms in total. The van der Waals surface area contributed by atoms with Gasteiger partial charge in [-0.1, -0.05) is 0 Å². The number of carbonyl (C=O) groups excluding carboxylic acids is 1. The van der Waals surface area contributed by atoms with E-state index in [1.807, 2.05) is 24.4 Å². The molecule has 0 bridgehead atoms. The highest BCUT2D eigenvalue weighted by Gasteiger charge is 2.15. The molecule has 0 spiro atoms. The van der Waals surface area contributed by atoms with Crippen molar-refractivity contribution < 1.29 is 4.79 Å². The van der Waals surface area contributed by atoms with Gasteiger partial charge in [-0.2, -0.15) is 4.37 Å². The Labute approximate surface area is 97.9 Å². The number of ketones is 1. The van der Waals surface area contributed by atoms with Crippen LogP contribution in [0.5, 0.6) is 0 Å². The van der Waals surface area contributed by atoms with Gasteiger partial charge in [0.15, 0.2) is 0 Å². The first-order chi connectivity index (χ1) is 6.68. The van der Waals surface area contributed by atoms with Gasteiger partial charge in [0.1, 0.15) is 0 Å². The van der Waals surface area contributed by atoms with E-state index < -0.39 is 0 Å². The topological polar surface area (TPSA) is 30.0 Å². The molecule has 0 aliphatic carbocycles. The molecule has 0 aromatic carbocycles. The van der Waals surface area contributed by atoms with E-state index in [9.17, 15) is 4.79 Å². The van der Waals surface area contributed by atoms with Crippen LogP contribution < -0.4 is 0 Å². The summed E-state index contributed by atoms with van der Waals surface area (Å²) in [5, 5.41) is 1.89. The fraction of sp³-hybridized carbons (Fsp3) is 0.111. The average Bonchev–Trinajstić information content (AvgIpc) is 2.73. The number of thiophene rings is 1. The van der Waals surface area contributed by atoms with Gasteiger partial charge in [-0.05, 0) is 51.9 Å². The van der Waals surface area contributed by atoms with Crippen LogP contribution in [0.3, 0.4) is 0 Å². The predicted molar refractivity (Wildman–Crippen MR) is 62.3 cm³/mol. The maximum atomic E-state index is 11.9. The van der Waals surface area contributed by atoms with Gasteiger partial charge in [0.05, 0.1) is 15.4 Å². The third kappa shape index (κ3) is 1.80. The van der Waals surface area contributed by atoms with Crippen LogP contribution in [0.4, 0.5) is 0 Å². The summed E-state index contributed by atoms with van der Waals surface area (Å²) < 4.78 is 4.95. The van der Waals surface area contributed by atoms with Gasteiger partial charge in [0, 0.05) is 4.47 Å². The second-order valence-electron chi connectivity index (χ2n) is 2.76. The van der Waals surface area contributed by atoms with E-state index in [-0.39, 0.29) is 5.78 Å². The zero-order valence-electron chi connectivity index (χ0n) is 7.28. The Morgan fingerprint density at radius 3 is 2.86 bits per heavy atom. The van der Waals surface area contributed by atoms with Gasteiger partial charge in [0.2, 0.25) is 5.78 Å². The van der Waals surface area contributed by atoms with Crippen LogP contribution in [0, 0.1) is 6.92 Å². The lowest BCUT2D eigenvalue weighted by Crippen LogP contribution is -1.95. The highest BCUT2D eigenvalue weighted by atomic mass is 79.9. The van der Waals surface area contributed by atoms with Crippen LogP contribution in [0.1, 0.15) is 20.2 Å². The molecule has 0 saturated heterocycles. The number of aromatic nitrogens is 1. The Bertz CT molecular complexity index is 475. The van der Waals surface area contributed by atoms with Crippen LogP contribution in [-0.4, -0.2) is 10.2 Å². The van der Waals surface area contributed by atoms with Crippen molar-refractivity contribution in [3.63, 3.8) is 0 Å². The van der Waals surface area contributed by atoms with Gasteiger partial charge < -0.3 is 0 Å². The van der Waals surface area contributed by atoms with Crippen molar-refractivity contribution in [2.75, 3.05) is 0 Å². The van der Waals surface area contributed by atoms with Gasteiger partial charge in [-0.25, -0.2) is 0 Å². The van der Waals surface area contributed by atoms with Gasteiger partial charge >= 0.3 is 0 Å². The van der Waals surface area contributed by atoms with Crippen LogP contribution >= 0.6 is 38.8 Å². The first kappa shape index (κ1) is 10.0. The molecule has 0 N–H and O–H groups in total. The number of aryl methyl sites for hydroxylation is 1. The molecular weight excluding hydrogens is 282 g/mol. The molecule has 0 radical (unpaired) electrons. The minimum absolute atomic E-state index is 0.0532. The van der Waals surface area contributed by atoms with Crippen molar-refractivity contribution >= 4 is 44.6 Å². The number of carbonyl (C=O) groups is 1. The van der Waals surface area contributed by atoms with Crippen LogP contribution in [0.25, 0.3) is 0 Å². The Morgan fingerprint density at radius 1 is 1.57 bits per heavy atom. The minimum atomic E-state index is 0.0532. The standard InChI is InChI=1S/C9H6BrNOS2/c1-5-4-7(14-11-5)8(12)9-6(10)2-3-13-9/h2-4H,1H3. The molecule has 72 valence electrons. The monoisotopic (exact) mass is 287 g/mol. The molecule has 0 atom stereocenters. The summed E-state index contributed by atoms with van der Waals surface area (Å²) in [7, 11) is 0. The number of hydrogen-bond acceptors (Lipinski definition) is 4. The van der Waals surface area contributed by atoms with Crippen molar-refractivity contribution in [1.29, 1.82) is 0 Å². The Hall–Kier alpha value is -0.520. The zero-order chi connectivity index (χ0) is 10.1. The summed E-state index contributed by atoms with van der Waals surface area (Å²) in [5.41, 5.74) is 0.894. The molecule has 0 aliphatic rings. The summed E-state index contributed by atoms with van der Waals surface area (Å²) >= 11 is 6.04. The predicted octanol–water partition coefficient (Wildman–Crippen LogP) is 3.51. The lowest BCUT2D eigenvalue weighted by molar-refractivity contribution is 0.104. The van der Waals surface area contributed by atoms with E-state index in [2.05, 4.69) is 20.3 Å². The molecule has 2 aromatic heterocycles. The Morgan fingerprint density at radius 2 is 2.36 bits per heavy atom. The van der Waals surface area contributed by atoms with Crippen molar-refractivity contribution in [2.45, 2.75) is 6.92 Å². The number of nitrogens with zero attached hydrogens (tertiary/aromatic N) is 1. The minimum Gasteiger partial charge on any atom is -0.287 e. The molecule has 2 rings (SSSR count). The summed E-state index contributed by atoms with van der Waals surface area (Å²) in [6, 6.07) is 3.70. The number of hydrogen-bond donors (Lipinski definition) is 0. The van der Waals surface area contributed by atoms with Crippen LogP contribution in [-0.2, 0) is 0 Å². The molecule has 5 heteroatoms. The fourth-order valence-electron chi connectivity index (χ4n) is 1.04. The molecule has 2 heterocycles. The summed E-state index contributed by atoms with van der Waals surface area (Å²) in [6.45, 7) is 1.89. The third-order valence-corrected chi connectivity index (χ3v) is 4.39. The number of rotatable bonds is 2. The Kier molecular flexibility index (Phi) is 2.80. The maximum absolute atomic E-state index is 11.9. The van der Waals surface area contributed by atoms with E-state index in [0.717, 1.165) is 15.0 Å². The summed E-state index contributed by atoms with van der Waals surface area (Å²) in [6.07, 6.45) is 0. The molecular formula is C9H6BrNOS2. The second kappa shape index (κ2) is 3.92. The summed E-state index contributed by atoms with van der Waals surface area (Å²) in [5.74, 6) is 0.0532. The third-order valence-electron chi connectivity index (χ3n) is 1.68.